The molecule has 1 aromatic heterocycles. The second-order valence-corrected chi connectivity index (χ2v) is 6.45. The van der Waals surface area contributed by atoms with Crippen LogP contribution in [-0.4, -0.2) is 11.8 Å². The molecule has 0 aliphatic rings. The molecule has 0 bridgehead atoms. The number of nitrogens with zero attached hydrogens (tertiary/aromatic N) is 1. The van der Waals surface area contributed by atoms with E-state index < -0.39 is 0 Å². The van der Waals surface area contributed by atoms with Crippen molar-refractivity contribution in [1.82, 2.24) is 0 Å². The number of benzene rings is 2. The van der Waals surface area contributed by atoms with E-state index in [1.807, 2.05) is 55.5 Å². The molecule has 1 N–H and O–H groups in total. The molecule has 0 fully saturated rings. The van der Waals surface area contributed by atoms with Crippen molar-refractivity contribution in [3.05, 3.63) is 83.8 Å². The van der Waals surface area contributed by atoms with Crippen LogP contribution in [0.1, 0.15) is 23.8 Å². The minimum absolute atomic E-state index is 0.0254. The number of hydrogen-bond donors (Lipinski definition) is 1. The first-order valence-electron chi connectivity index (χ1n) is 8.77. The lowest BCUT2D eigenvalue weighted by atomic mass is 10.1. The van der Waals surface area contributed by atoms with Gasteiger partial charge in [-0.05, 0) is 48.9 Å². The summed E-state index contributed by atoms with van der Waals surface area (Å²) in [7, 11) is 0. The fourth-order valence-electron chi connectivity index (χ4n) is 2.79. The van der Waals surface area contributed by atoms with Crippen molar-refractivity contribution < 1.29 is 14.0 Å². The second kappa shape index (κ2) is 8.36. The molecule has 0 aliphatic carbocycles. The van der Waals surface area contributed by atoms with Gasteiger partial charge < -0.3 is 14.6 Å². The molecule has 0 saturated heterocycles. The highest BCUT2D eigenvalue weighted by Crippen LogP contribution is 2.20. The molecule has 3 rings (SSSR count). The average Bonchev–Trinajstić information content (AvgIpc) is 3.15. The van der Waals surface area contributed by atoms with Gasteiger partial charge >= 0.3 is 0 Å². The van der Waals surface area contributed by atoms with Crippen LogP contribution in [0.5, 0.6) is 0 Å². The van der Waals surface area contributed by atoms with Crippen LogP contribution in [0.15, 0.2) is 71.3 Å². The zero-order chi connectivity index (χ0) is 19.2. The van der Waals surface area contributed by atoms with E-state index in [-0.39, 0.29) is 18.2 Å². The monoisotopic (exact) mass is 362 g/mol. The fourth-order valence-corrected chi connectivity index (χ4v) is 2.79. The Bertz CT molecular complexity index is 898. The second-order valence-electron chi connectivity index (χ2n) is 6.45. The van der Waals surface area contributed by atoms with Crippen molar-refractivity contribution in [2.24, 2.45) is 0 Å². The third-order valence-electron chi connectivity index (χ3n) is 4.17. The van der Waals surface area contributed by atoms with Crippen LogP contribution in [0.3, 0.4) is 0 Å². The van der Waals surface area contributed by atoms with Gasteiger partial charge in [-0.25, -0.2) is 0 Å². The number of hydrogen-bond acceptors (Lipinski definition) is 3. The van der Waals surface area contributed by atoms with Crippen molar-refractivity contribution in [2.75, 3.05) is 10.2 Å². The minimum Gasteiger partial charge on any atom is -0.467 e. The molecule has 1 heterocycles. The van der Waals surface area contributed by atoms with Gasteiger partial charge in [-0.2, -0.15) is 0 Å². The number of rotatable bonds is 6. The largest absolute Gasteiger partial charge is 0.467 e. The van der Waals surface area contributed by atoms with E-state index in [2.05, 4.69) is 5.32 Å². The first-order valence-corrected chi connectivity index (χ1v) is 8.77. The average molecular weight is 362 g/mol. The van der Waals surface area contributed by atoms with Crippen LogP contribution in [0.25, 0.3) is 0 Å². The van der Waals surface area contributed by atoms with Crippen molar-refractivity contribution in [1.29, 1.82) is 0 Å². The number of carbonyl (C=O) groups excluding carboxylic acids is 2. The SMILES string of the molecule is CC(=O)Nc1ccc(CC(=O)N(Cc2ccco2)c2ccc(C)cc2)cc1. The maximum Gasteiger partial charge on any atom is 0.231 e. The number of anilines is 2. The van der Waals surface area contributed by atoms with Crippen LogP contribution in [-0.2, 0) is 22.6 Å². The Labute approximate surface area is 158 Å². The number of furan rings is 1. The lowest BCUT2D eigenvalue weighted by molar-refractivity contribution is -0.118. The number of nitrogens with one attached hydrogen (secondary N) is 1. The molecule has 5 heteroatoms. The smallest absolute Gasteiger partial charge is 0.231 e. The van der Waals surface area contributed by atoms with Gasteiger partial charge in [0, 0.05) is 18.3 Å². The molecule has 3 aromatic rings. The third kappa shape index (κ3) is 5.07. The van der Waals surface area contributed by atoms with Gasteiger partial charge in [0.1, 0.15) is 5.76 Å². The summed E-state index contributed by atoms with van der Waals surface area (Å²) in [6.45, 7) is 3.85. The summed E-state index contributed by atoms with van der Waals surface area (Å²) >= 11 is 0. The van der Waals surface area contributed by atoms with Crippen molar-refractivity contribution in [3.63, 3.8) is 0 Å². The molecule has 138 valence electrons. The number of amides is 2. The molecule has 0 saturated carbocycles. The lowest BCUT2D eigenvalue weighted by Crippen LogP contribution is -2.31. The topological polar surface area (TPSA) is 62.6 Å². The summed E-state index contributed by atoms with van der Waals surface area (Å²) < 4.78 is 5.43. The summed E-state index contributed by atoms with van der Waals surface area (Å²) in [5.74, 6) is 0.579. The van der Waals surface area contributed by atoms with Crippen molar-refractivity contribution in [3.8, 4) is 0 Å². The molecule has 2 amide bonds. The highest BCUT2D eigenvalue weighted by Gasteiger charge is 2.18. The molecular weight excluding hydrogens is 340 g/mol. The molecule has 0 atom stereocenters. The summed E-state index contributed by atoms with van der Waals surface area (Å²) in [5.41, 5.74) is 3.56. The molecule has 0 unspecified atom stereocenters. The van der Waals surface area contributed by atoms with Crippen LogP contribution in [0.4, 0.5) is 11.4 Å². The third-order valence-corrected chi connectivity index (χ3v) is 4.17. The quantitative estimate of drug-likeness (QED) is 0.710. The molecule has 0 spiro atoms. The van der Waals surface area contributed by atoms with E-state index in [4.69, 9.17) is 4.42 Å². The molecule has 27 heavy (non-hydrogen) atoms. The van der Waals surface area contributed by atoms with E-state index in [1.165, 1.54) is 6.92 Å². The normalized spacial score (nSPS) is 10.4. The van der Waals surface area contributed by atoms with Gasteiger partial charge in [-0.3, -0.25) is 9.59 Å². The van der Waals surface area contributed by atoms with Gasteiger partial charge in [-0.15, -0.1) is 0 Å². The van der Waals surface area contributed by atoms with Crippen molar-refractivity contribution in [2.45, 2.75) is 26.8 Å². The predicted molar refractivity (Wildman–Crippen MR) is 106 cm³/mol. The Kier molecular flexibility index (Phi) is 5.71. The Hall–Kier alpha value is -3.34. The fraction of sp³-hybridized carbons (Fsp3) is 0.182. The van der Waals surface area contributed by atoms with E-state index in [0.29, 0.717) is 12.2 Å². The van der Waals surface area contributed by atoms with Crippen LogP contribution in [0, 0.1) is 6.92 Å². The van der Waals surface area contributed by atoms with Gasteiger partial charge in [0.05, 0.1) is 19.2 Å². The Morgan fingerprint density at radius 3 is 2.30 bits per heavy atom. The first kappa shape index (κ1) is 18.5. The molecule has 0 aliphatic heterocycles. The predicted octanol–water partition coefficient (Wildman–Crippen LogP) is 4.32. The maximum absolute atomic E-state index is 13.0. The summed E-state index contributed by atoms with van der Waals surface area (Å²) in [6, 6.07) is 18.8. The molecule has 2 aromatic carbocycles. The summed E-state index contributed by atoms with van der Waals surface area (Å²) in [5, 5.41) is 2.72. The standard InChI is InChI=1S/C22H22N2O3/c1-16-5-11-20(12-6-16)24(15-21-4-3-13-27-21)22(26)14-18-7-9-19(10-8-18)23-17(2)25/h3-13H,14-15H2,1-2H3,(H,23,25). The number of carbonyl (C=O) groups is 2. The van der Waals surface area contributed by atoms with E-state index in [0.717, 1.165) is 22.6 Å². The van der Waals surface area contributed by atoms with E-state index in [9.17, 15) is 9.59 Å². The highest BCUT2D eigenvalue weighted by atomic mass is 16.3. The zero-order valence-corrected chi connectivity index (χ0v) is 15.4. The molecule has 5 nitrogen and oxygen atoms in total. The number of aryl methyl sites for hydroxylation is 1. The summed E-state index contributed by atoms with van der Waals surface area (Å²) in [6.07, 6.45) is 1.86. The molecular formula is C22H22N2O3. The van der Waals surface area contributed by atoms with Gasteiger partial charge in [0.15, 0.2) is 0 Å². The van der Waals surface area contributed by atoms with Crippen LogP contribution in [0.2, 0.25) is 0 Å². The Morgan fingerprint density at radius 2 is 1.70 bits per heavy atom. The maximum atomic E-state index is 13.0. The van der Waals surface area contributed by atoms with Crippen molar-refractivity contribution >= 4 is 23.2 Å². The zero-order valence-electron chi connectivity index (χ0n) is 15.4. The Morgan fingerprint density at radius 1 is 1.00 bits per heavy atom. The van der Waals surface area contributed by atoms with Gasteiger partial charge in [0.25, 0.3) is 0 Å². The summed E-state index contributed by atoms with van der Waals surface area (Å²) in [4.78, 5) is 25.8. The van der Waals surface area contributed by atoms with E-state index >= 15 is 0 Å². The highest BCUT2D eigenvalue weighted by molar-refractivity contribution is 5.94. The molecule has 0 radical (unpaired) electrons. The lowest BCUT2D eigenvalue weighted by Gasteiger charge is -2.22. The van der Waals surface area contributed by atoms with E-state index in [1.54, 1.807) is 23.3 Å². The van der Waals surface area contributed by atoms with Crippen LogP contribution >= 0.6 is 0 Å². The van der Waals surface area contributed by atoms with Gasteiger partial charge in [0.2, 0.25) is 11.8 Å². The first-order chi connectivity index (χ1) is 13.0. The van der Waals surface area contributed by atoms with Gasteiger partial charge in [-0.1, -0.05) is 29.8 Å². The van der Waals surface area contributed by atoms with Crippen LogP contribution < -0.4 is 10.2 Å². The minimum atomic E-state index is -0.122. The Balaban J connectivity index is 1.77.